The SMILES string of the molecule is Cc1ccc(OC2(N)C=CC(C(=O)c3ccccc3)=CC2)cc1. The van der Waals surface area contributed by atoms with Crippen LogP contribution in [0, 0.1) is 6.92 Å². The molecule has 2 aromatic carbocycles. The second-order valence-electron chi connectivity index (χ2n) is 5.76. The van der Waals surface area contributed by atoms with Crippen LogP contribution in [0.1, 0.15) is 22.3 Å². The molecule has 1 atom stereocenters. The predicted molar refractivity (Wildman–Crippen MR) is 91.3 cm³/mol. The number of carbonyl (C=O) groups is 1. The first-order valence-electron chi connectivity index (χ1n) is 7.59. The summed E-state index contributed by atoms with van der Waals surface area (Å²) >= 11 is 0. The number of ketones is 1. The van der Waals surface area contributed by atoms with Crippen LogP contribution in [0.15, 0.2) is 78.4 Å². The number of ether oxygens (including phenoxy) is 1. The summed E-state index contributed by atoms with van der Waals surface area (Å²) < 4.78 is 5.87. The Kier molecular flexibility index (Phi) is 4.13. The Morgan fingerprint density at radius 1 is 1.09 bits per heavy atom. The van der Waals surface area contributed by atoms with Gasteiger partial charge in [-0.1, -0.05) is 60.2 Å². The fourth-order valence-corrected chi connectivity index (χ4v) is 2.46. The summed E-state index contributed by atoms with van der Waals surface area (Å²) in [6, 6.07) is 17.0. The molecule has 2 aromatic rings. The quantitative estimate of drug-likeness (QED) is 0.690. The second-order valence-corrected chi connectivity index (χ2v) is 5.76. The smallest absolute Gasteiger partial charge is 0.192 e. The lowest BCUT2D eigenvalue weighted by atomic mass is 9.94. The molecule has 0 saturated heterocycles. The minimum Gasteiger partial charge on any atom is -0.469 e. The summed E-state index contributed by atoms with van der Waals surface area (Å²) in [5.41, 5.74) is 7.83. The molecule has 3 rings (SSSR count). The number of hydrogen-bond acceptors (Lipinski definition) is 3. The molecule has 3 nitrogen and oxygen atoms in total. The van der Waals surface area contributed by atoms with Crippen LogP contribution in [0.3, 0.4) is 0 Å². The molecule has 2 N–H and O–H groups in total. The van der Waals surface area contributed by atoms with E-state index in [4.69, 9.17) is 10.5 Å². The van der Waals surface area contributed by atoms with Crippen LogP contribution >= 0.6 is 0 Å². The highest BCUT2D eigenvalue weighted by Crippen LogP contribution is 2.25. The van der Waals surface area contributed by atoms with E-state index in [1.807, 2.05) is 67.6 Å². The van der Waals surface area contributed by atoms with E-state index in [1.54, 1.807) is 12.2 Å². The molecule has 0 saturated carbocycles. The van der Waals surface area contributed by atoms with E-state index in [0.29, 0.717) is 23.3 Å². The van der Waals surface area contributed by atoms with Gasteiger partial charge in [-0.15, -0.1) is 0 Å². The van der Waals surface area contributed by atoms with E-state index in [-0.39, 0.29) is 5.78 Å². The molecule has 0 aromatic heterocycles. The Hall–Kier alpha value is -2.65. The summed E-state index contributed by atoms with van der Waals surface area (Å²) in [6.07, 6.45) is 5.78. The van der Waals surface area contributed by atoms with E-state index in [2.05, 4.69) is 0 Å². The highest BCUT2D eigenvalue weighted by atomic mass is 16.5. The lowest BCUT2D eigenvalue weighted by Crippen LogP contribution is -2.44. The van der Waals surface area contributed by atoms with Crippen molar-refractivity contribution in [2.45, 2.75) is 19.1 Å². The van der Waals surface area contributed by atoms with Gasteiger partial charge in [-0.25, -0.2) is 0 Å². The van der Waals surface area contributed by atoms with Gasteiger partial charge in [0.15, 0.2) is 11.5 Å². The summed E-state index contributed by atoms with van der Waals surface area (Å²) in [6.45, 7) is 2.02. The third-order valence-electron chi connectivity index (χ3n) is 3.81. The van der Waals surface area contributed by atoms with Gasteiger partial charge >= 0.3 is 0 Å². The Bertz CT molecular complexity index is 760. The highest BCUT2D eigenvalue weighted by Gasteiger charge is 2.27. The van der Waals surface area contributed by atoms with E-state index in [0.717, 1.165) is 0 Å². The Morgan fingerprint density at radius 2 is 1.78 bits per heavy atom. The number of benzene rings is 2. The maximum Gasteiger partial charge on any atom is 0.192 e. The van der Waals surface area contributed by atoms with Gasteiger partial charge in [-0.3, -0.25) is 10.5 Å². The van der Waals surface area contributed by atoms with Crippen molar-refractivity contribution in [1.29, 1.82) is 0 Å². The first-order chi connectivity index (χ1) is 11.1. The molecule has 0 radical (unpaired) electrons. The number of aryl methyl sites for hydroxylation is 1. The standard InChI is InChI=1S/C20H19NO2/c1-15-7-9-18(10-8-15)23-20(21)13-11-17(12-14-20)19(22)16-5-3-2-4-6-16/h2-13H,14,21H2,1H3. The van der Waals surface area contributed by atoms with E-state index >= 15 is 0 Å². The summed E-state index contributed by atoms with van der Waals surface area (Å²) in [5.74, 6) is 0.716. The summed E-state index contributed by atoms with van der Waals surface area (Å²) in [5, 5.41) is 0. The average Bonchev–Trinajstić information content (AvgIpc) is 2.58. The van der Waals surface area contributed by atoms with Crippen molar-refractivity contribution in [2.24, 2.45) is 5.73 Å². The Balaban J connectivity index is 1.71. The summed E-state index contributed by atoms with van der Waals surface area (Å²) in [4.78, 5) is 12.4. The first kappa shape index (κ1) is 15.3. The predicted octanol–water partition coefficient (Wildman–Crippen LogP) is 3.80. The number of carbonyl (C=O) groups excluding carboxylic acids is 1. The minimum absolute atomic E-state index is 0.000707. The van der Waals surface area contributed by atoms with E-state index < -0.39 is 5.72 Å². The average molecular weight is 305 g/mol. The van der Waals surface area contributed by atoms with Gasteiger partial charge < -0.3 is 4.74 Å². The maximum absolute atomic E-state index is 12.4. The second kappa shape index (κ2) is 6.23. The van der Waals surface area contributed by atoms with E-state index in [9.17, 15) is 4.79 Å². The fraction of sp³-hybridized carbons (Fsp3) is 0.150. The zero-order valence-electron chi connectivity index (χ0n) is 13.0. The van der Waals surface area contributed by atoms with Crippen molar-refractivity contribution >= 4 is 5.78 Å². The van der Waals surface area contributed by atoms with Crippen LogP contribution in [-0.4, -0.2) is 11.5 Å². The molecule has 1 aliphatic carbocycles. The molecule has 1 unspecified atom stereocenters. The molecular weight excluding hydrogens is 286 g/mol. The van der Waals surface area contributed by atoms with Crippen molar-refractivity contribution < 1.29 is 9.53 Å². The maximum atomic E-state index is 12.4. The molecule has 116 valence electrons. The zero-order valence-corrected chi connectivity index (χ0v) is 13.0. The lowest BCUT2D eigenvalue weighted by molar-refractivity contribution is 0.103. The largest absolute Gasteiger partial charge is 0.469 e. The van der Waals surface area contributed by atoms with Crippen LogP contribution in [0.5, 0.6) is 5.75 Å². The third kappa shape index (κ3) is 3.58. The topological polar surface area (TPSA) is 52.3 Å². The molecule has 0 amide bonds. The van der Waals surface area contributed by atoms with Crippen molar-refractivity contribution in [3.05, 3.63) is 89.5 Å². The molecule has 23 heavy (non-hydrogen) atoms. The molecule has 0 fully saturated rings. The fourth-order valence-electron chi connectivity index (χ4n) is 2.46. The number of allylic oxidation sites excluding steroid dienone is 2. The Labute approximate surface area is 136 Å². The van der Waals surface area contributed by atoms with Crippen LogP contribution in [0.2, 0.25) is 0 Å². The van der Waals surface area contributed by atoms with Gasteiger partial charge in [0.25, 0.3) is 0 Å². The van der Waals surface area contributed by atoms with Gasteiger partial charge in [0.05, 0.1) is 0 Å². The molecule has 3 heteroatoms. The van der Waals surface area contributed by atoms with Crippen molar-refractivity contribution in [3.8, 4) is 5.75 Å². The zero-order chi connectivity index (χ0) is 16.3. The lowest BCUT2D eigenvalue weighted by Gasteiger charge is -2.28. The van der Waals surface area contributed by atoms with Gasteiger partial charge in [0.1, 0.15) is 5.75 Å². The molecule has 0 spiro atoms. The first-order valence-corrected chi connectivity index (χ1v) is 7.59. The number of nitrogens with two attached hydrogens (primary N) is 1. The third-order valence-corrected chi connectivity index (χ3v) is 3.81. The minimum atomic E-state index is -0.921. The van der Waals surface area contributed by atoms with E-state index in [1.165, 1.54) is 5.56 Å². The monoisotopic (exact) mass is 305 g/mol. The molecule has 0 bridgehead atoms. The highest BCUT2D eigenvalue weighted by molar-refractivity contribution is 6.10. The van der Waals surface area contributed by atoms with Crippen LogP contribution in [0.25, 0.3) is 0 Å². The summed E-state index contributed by atoms with van der Waals surface area (Å²) in [7, 11) is 0. The molecule has 1 aliphatic rings. The molecular formula is C20H19NO2. The van der Waals surface area contributed by atoms with Gasteiger partial charge in [0, 0.05) is 17.6 Å². The van der Waals surface area contributed by atoms with Crippen molar-refractivity contribution in [3.63, 3.8) is 0 Å². The molecule has 0 aliphatic heterocycles. The number of rotatable bonds is 4. The molecule has 0 heterocycles. The normalized spacial score (nSPS) is 20.0. The van der Waals surface area contributed by atoms with Gasteiger partial charge in [-0.2, -0.15) is 0 Å². The van der Waals surface area contributed by atoms with Crippen molar-refractivity contribution in [2.75, 3.05) is 0 Å². The van der Waals surface area contributed by atoms with Gasteiger partial charge in [0.2, 0.25) is 0 Å². The Morgan fingerprint density at radius 3 is 2.39 bits per heavy atom. The van der Waals surface area contributed by atoms with Crippen LogP contribution < -0.4 is 10.5 Å². The number of Topliss-reactive ketones (excluding diaryl/α,β-unsaturated/α-hetero) is 1. The van der Waals surface area contributed by atoms with Crippen molar-refractivity contribution in [1.82, 2.24) is 0 Å². The van der Waals surface area contributed by atoms with Gasteiger partial charge in [-0.05, 0) is 25.1 Å². The van der Waals surface area contributed by atoms with Crippen LogP contribution in [-0.2, 0) is 0 Å². The van der Waals surface area contributed by atoms with Crippen LogP contribution in [0.4, 0.5) is 0 Å². The number of hydrogen-bond donors (Lipinski definition) is 1.